The molecule has 1 N–H and O–H groups in total. The van der Waals surface area contributed by atoms with Crippen molar-refractivity contribution in [1.29, 1.82) is 0 Å². The number of nitrogens with one attached hydrogen (secondary N) is 1. The molecule has 0 unspecified atom stereocenters. The molecule has 0 atom stereocenters. The van der Waals surface area contributed by atoms with Gasteiger partial charge in [-0.25, -0.2) is 9.97 Å². The monoisotopic (exact) mass is 388 g/mol. The van der Waals surface area contributed by atoms with Gasteiger partial charge in [0.05, 0.1) is 5.69 Å². The van der Waals surface area contributed by atoms with E-state index in [-0.39, 0.29) is 0 Å². The molecule has 0 fully saturated rings. The molecule has 2 aromatic carbocycles. The molecule has 0 amide bonds. The van der Waals surface area contributed by atoms with E-state index in [9.17, 15) is 0 Å². The average Bonchev–Trinajstić information content (AvgIpc) is 3.10. The lowest BCUT2D eigenvalue weighted by Crippen LogP contribution is -2.31. The Balaban J connectivity index is 1.40. The van der Waals surface area contributed by atoms with Crippen LogP contribution >= 0.6 is 11.6 Å². The molecule has 1 aliphatic heterocycles. The number of benzene rings is 2. The lowest BCUT2D eigenvalue weighted by molar-refractivity contribution is 0.242. The van der Waals surface area contributed by atoms with Crippen LogP contribution in [-0.2, 0) is 19.5 Å². The predicted molar refractivity (Wildman–Crippen MR) is 113 cm³/mol. The summed E-state index contributed by atoms with van der Waals surface area (Å²) < 4.78 is 0. The van der Waals surface area contributed by atoms with Crippen LogP contribution in [0.3, 0.4) is 0 Å². The summed E-state index contributed by atoms with van der Waals surface area (Å²) >= 11 is 6.20. The van der Waals surface area contributed by atoms with E-state index in [4.69, 9.17) is 16.6 Å². The molecule has 4 aromatic rings. The number of aromatic nitrogens is 3. The van der Waals surface area contributed by atoms with Crippen LogP contribution in [0.15, 0.2) is 54.9 Å². The molecule has 5 rings (SSSR count). The van der Waals surface area contributed by atoms with Crippen LogP contribution in [0.1, 0.15) is 22.4 Å². The van der Waals surface area contributed by atoms with Crippen LogP contribution in [0.25, 0.3) is 22.3 Å². The fourth-order valence-corrected chi connectivity index (χ4v) is 4.03. The SMILES string of the molecule is Cc1ccc(-c2ncc3c(n2)CN(Cc2c[nH]c4ccc(Cl)cc24)CC3)cc1. The van der Waals surface area contributed by atoms with E-state index < -0.39 is 0 Å². The Morgan fingerprint density at radius 2 is 2.00 bits per heavy atom. The summed E-state index contributed by atoms with van der Waals surface area (Å²) in [7, 11) is 0. The minimum atomic E-state index is 0.771. The van der Waals surface area contributed by atoms with E-state index in [0.29, 0.717) is 0 Å². The van der Waals surface area contributed by atoms with Gasteiger partial charge in [-0.3, -0.25) is 4.90 Å². The van der Waals surface area contributed by atoms with Gasteiger partial charge in [-0.05, 0) is 42.7 Å². The van der Waals surface area contributed by atoms with Crippen molar-refractivity contribution in [1.82, 2.24) is 19.9 Å². The molecule has 0 aliphatic carbocycles. The van der Waals surface area contributed by atoms with Crippen LogP contribution in [-0.4, -0.2) is 26.4 Å². The second kappa shape index (κ2) is 7.04. The van der Waals surface area contributed by atoms with Crippen molar-refractivity contribution >= 4 is 22.5 Å². The number of nitrogens with zero attached hydrogens (tertiary/aromatic N) is 3. The number of hydrogen-bond acceptors (Lipinski definition) is 3. The van der Waals surface area contributed by atoms with E-state index in [1.807, 2.05) is 24.4 Å². The van der Waals surface area contributed by atoms with Crippen LogP contribution in [0.4, 0.5) is 0 Å². The third-order valence-electron chi connectivity index (χ3n) is 5.46. The molecule has 5 heteroatoms. The smallest absolute Gasteiger partial charge is 0.159 e. The van der Waals surface area contributed by atoms with Crippen molar-refractivity contribution < 1.29 is 0 Å². The van der Waals surface area contributed by atoms with E-state index in [1.165, 1.54) is 22.1 Å². The van der Waals surface area contributed by atoms with Crippen molar-refractivity contribution in [3.8, 4) is 11.4 Å². The molecule has 2 aromatic heterocycles. The van der Waals surface area contributed by atoms with Crippen molar-refractivity contribution in [3.05, 3.63) is 82.3 Å². The standard InChI is InChI=1S/C23H21ClN4/c1-15-2-4-16(5-3-15)23-26-11-17-8-9-28(14-22(17)27-23)13-18-12-25-21-7-6-19(24)10-20(18)21/h2-7,10-12,25H,8-9,13-14H2,1H3. The largest absolute Gasteiger partial charge is 0.361 e. The first kappa shape index (κ1) is 17.4. The maximum Gasteiger partial charge on any atom is 0.159 e. The Morgan fingerprint density at radius 3 is 2.86 bits per heavy atom. The van der Waals surface area contributed by atoms with Crippen LogP contribution in [0.5, 0.6) is 0 Å². The van der Waals surface area contributed by atoms with E-state index in [1.54, 1.807) is 0 Å². The number of aromatic amines is 1. The molecular formula is C23H21ClN4. The van der Waals surface area contributed by atoms with Gasteiger partial charge in [-0.15, -0.1) is 0 Å². The molecule has 0 bridgehead atoms. The minimum absolute atomic E-state index is 0.771. The lowest BCUT2D eigenvalue weighted by Gasteiger charge is -2.27. The molecule has 0 spiro atoms. The molecule has 0 saturated heterocycles. The number of H-pyrrole nitrogens is 1. The Hall–Kier alpha value is -2.69. The Morgan fingerprint density at radius 1 is 1.14 bits per heavy atom. The predicted octanol–water partition coefficient (Wildman–Crippen LogP) is 5.15. The second-order valence-electron chi connectivity index (χ2n) is 7.50. The number of aryl methyl sites for hydroxylation is 1. The summed E-state index contributed by atoms with van der Waals surface area (Å²) in [4.78, 5) is 15.3. The Bertz CT molecular complexity index is 1150. The average molecular weight is 389 g/mol. The number of hydrogen-bond donors (Lipinski definition) is 1. The van der Waals surface area contributed by atoms with Gasteiger partial charge in [-0.1, -0.05) is 41.4 Å². The molecule has 3 heterocycles. The van der Waals surface area contributed by atoms with Gasteiger partial charge in [-0.2, -0.15) is 0 Å². The fourth-order valence-electron chi connectivity index (χ4n) is 3.86. The van der Waals surface area contributed by atoms with Crippen molar-refractivity contribution in [2.75, 3.05) is 6.54 Å². The van der Waals surface area contributed by atoms with Gasteiger partial charge in [0.2, 0.25) is 0 Å². The first-order valence-corrected chi connectivity index (χ1v) is 9.93. The zero-order valence-electron chi connectivity index (χ0n) is 15.7. The van der Waals surface area contributed by atoms with Gasteiger partial charge in [0, 0.05) is 53.5 Å². The van der Waals surface area contributed by atoms with Crippen molar-refractivity contribution in [2.45, 2.75) is 26.4 Å². The molecule has 0 saturated carbocycles. The quantitative estimate of drug-likeness (QED) is 0.528. The number of halogens is 1. The van der Waals surface area contributed by atoms with Crippen LogP contribution < -0.4 is 0 Å². The summed E-state index contributed by atoms with van der Waals surface area (Å²) in [6.07, 6.45) is 5.07. The zero-order valence-corrected chi connectivity index (χ0v) is 16.5. The first-order chi connectivity index (χ1) is 13.7. The van der Waals surface area contributed by atoms with Crippen LogP contribution in [0, 0.1) is 6.92 Å². The molecule has 4 nitrogen and oxygen atoms in total. The minimum Gasteiger partial charge on any atom is -0.361 e. The summed E-state index contributed by atoms with van der Waals surface area (Å²) in [6, 6.07) is 14.4. The summed E-state index contributed by atoms with van der Waals surface area (Å²) in [5.74, 6) is 0.805. The normalized spacial score (nSPS) is 14.4. The second-order valence-corrected chi connectivity index (χ2v) is 7.93. The summed E-state index contributed by atoms with van der Waals surface area (Å²) in [5, 5.41) is 1.97. The Labute approximate surface area is 169 Å². The van der Waals surface area contributed by atoms with Crippen molar-refractivity contribution in [2.24, 2.45) is 0 Å². The highest BCUT2D eigenvalue weighted by molar-refractivity contribution is 6.31. The highest BCUT2D eigenvalue weighted by atomic mass is 35.5. The van der Waals surface area contributed by atoms with E-state index in [2.05, 4.69) is 52.3 Å². The zero-order chi connectivity index (χ0) is 19.1. The van der Waals surface area contributed by atoms with Gasteiger partial charge in [0.25, 0.3) is 0 Å². The molecule has 0 radical (unpaired) electrons. The number of rotatable bonds is 3. The van der Waals surface area contributed by atoms with E-state index >= 15 is 0 Å². The lowest BCUT2D eigenvalue weighted by atomic mass is 10.0. The topological polar surface area (TPSA) is 44.8 Å². The summed E-state index contributed by atoms with van der Waals surface area (Å²) in [6.45, 7) is 4.81. The van der Waals surface area contributed by atoms with Gasteiger partial charge >= 0.3 is 0 Å². The third kappa shape index (κ3) is 3.30. The first-order valence-electron chi connectivity index (χ1n) is 9.55. The van der Waals surface area contributed by atoms with E-state index in [0.717, 1.165) is 53.7 Å². The highest BCUT2D eigenvalue weighted by Crippen LogP contribution is 2.26. The third-order valence-corrected chi connectivity index (χ3v) is 5.69. The Kier molecular flexibility index (Phi) is 4.38. The summed E-state index contributed by atoms with van der Waals surface area (Å²) in [5.41, 5.74) is 7.10. The highest BCUT2D eigenvalue weighted by Gasteiger charge is 2.20. The molecule has 28 heavy (non-hydrogen) atoms. The number of fused-ring (bicyclic) bond motifs is 2. The van der Waals surface area contributed by atoms with Gasteiger partial charge in [0.1, 0.15) is 0 Å². The fraction of sp³-hybridized carbons (Fsp3) is 0.217. The van der Waals surface area contributed by atoms with Gasteiger partial charge < -0.3 is 4.98 Å². The molecular weight excluding hydrogens is 368 g/mol. The van der Waals surface area contributed by atoms with Crippen molar-refractivity contribution in [3.63, 3.8) is 0 Å². The molecule has 140 valence electrons. The maximum absolute atomic E-state index is 6.20. The molecule has 1 aliphatic rings. The van der Waals surface area contributed by atoms with Crippen LogP contribution in [0.2, 0.25) is 5.02 Å². The van der Waals surface area contributed by atoms with Gasteiger partial charge in [0.15, 0.2) is 5.82 Å². The maximum atomic E-state index is 6.20.